The number of hydrogen-bond donors (Lipinski definition) is 2. The first-order chi connectivity index (χ1) is 11.7. The standard InChI is InChI=1S/C20H27N3O/c1-14-11-20(21-7-10-23-8-5-17(24)6-9-23)22-19-13-16-4-2-3-15(16)12-18(14)19/h11-13,17,24H,2-10H2,1H3,(H,21,22). The van der Waals surface area contributed by atoms with Crippen LogP contribution in [0.25, 0.3) is 10.9 Å². The highest BCUT2D eigenvalue weighted by atomic mass is 16.3. The molecule has 1 aromatic carbocycles. The van der Waals surface area contributed by atoms with Crippen molar-refractivity contribution in [3.8, 4) is 0 Å². The van der Waals surface area contributed by atoms with Gasteiger partial charge in [-0.05, 0) is 73.9 Å². The van der Waals surface area contributed by atoms with Crippen molar-refractivity contribution in [3.05, 3.63) is 34.9 Å². The van der Waals surface area contributed by atoms with Crippen LogP contribution in [0.15, 0.2) is 18.2 Å². The number of piperidine rings is 1. The van der Waals surface area contributed by atoms with Crippen LogP contribution < -0.4 is 5.32 Å². The SMILES string of the molecule is Cc1cc(NCCN2CCC(O)CC2)nc2cc3c(cc12)CCC3. The molecule has 0 radical (unpaired) electrons. The summed E-state index contributed by atoms with van der Waals surface area (Å²) in [5.41, 5.74) is 5.43. The van der Waals surface area contributed by atoms with E-state index in [1.807, 2.05) is 0 Å². The Morgan fingerprint density at radius 2 is 1.92 bits per heavy atom. The average molecular weight is 325 g/mol. The van der Waals surface area contributed by atoms with Gasteiger partial charge in [0.15, 0.2) is 0 Å². The zero-order chi connectivity index (χ0) is 16.5. The van der Waals surface area contributed by atoms with Crippen molar-refractivity contribution < 1.29 is 5.11 Å². The Morgan fingerprint density at radius 3 is 2.71 bits per heavy atom. The molecule has 1 saturated heterocycles. The molecule has 128 valence electrons. The molecule has 0 atom stereocenters. The quantitative estimate of drug-likeness (QED) is 0.907. The number of aryl methyl sites for hydroxylation is 3. The van der Waals surface area contributed by atoms with E-state index in [0.717, 1.165) is 50.4 Å². The maximum absolute atomic E-state index is 9.58. The Labute approximate surface area is 143 Å². The van der Waals surface area contributed by atoms with Gasteiger partial charge in [-0.2, -0.15) is 0 Å². The minimum Gasteiger partial charge on any atom is -0.393 e. The van der Waals surface area contributed by atoms with E-state index in [-0.39, 0.29) is 6.10 Å². The minimum absolute atomic E-state index is 0.0965. The number of fused-ring (bicyclic) bond motifs is 2. The Balaban J connectivity index is 1.44. The van der Waals surface area contributed by atoms with Gasteiger partial charge in [0.05, 0.1) is 11.6 Å². The molecule has 0 bridgehead atoms. The van der Waals surface area contributed by atoms with E-state index in [1.54, 1.807) is 0 Å². The number of nitrogens with one attached hydrogen (secondary N) is 1. The highest BCUT2D eigenvalue weighted by molar-refractivity contribution is 5.85. The number of aliphatic hydroxyl groups excluding tert-OH is 1. The predicted molar refractivity (Wildman–Crippen MR) is 98.7 cm³/mol. The van der Waals surface area contributed by atoms with Crippen molar-refractivity contribution in [2.45, 2.75) is 45.1 Å². The maximum atomic E-state index is 9.58. The molecule has 1 aliphatic heterocycles. The Morgan fingerprint density at radius 1 is 1.17 bits per heavy atom. The van der Waals surface area contributed by atoms with Crippen LogP contribution in [0, 0.1) is 6.92 Å². The van der Waals surface area contributed by atoms with Gasteiger partial charge in [0.1, 0.15) is 5.82 Å². The third kappa shape index (κ3) is 3.26. The number of benzene rings is 1. The topological polar surface area (TPSA) is 48.4 Å². The maximum Gasteiger partial charge on any atom is 0.126 e. The molecular weight excluding hydrogens is 298 g/mol. The fraction of sp³-hybridized carbons (Fsp3) is 0.550. The smallest absolute Gasteiger partial charge is 0.126 e. The summed E-state index contributed by atoms with van der Waals surface area (Å²) in [5, 5.41) is 14.4. The lowest BCUT2D eigenvalue weighted by atomic mass is 10.0. The monoisotopic (exact) mass is 325 g/mol. The molecule has 0 saturated carbocycles. The van der Waals surface area contributed by atoms with Crippen molar-refractivity contribution in [2.75, 3.05) is 31.5 Å². The van der Waals surface area contributed by atoms with E-state index in [2.05, 4.69) is 35.3 Å². The number of rotatable bonds is 4. The molecule has 2 aliphatic rings. The lowest BCUT2D eigenvalue weighted by Gasteiger charge is -2.29. The molecule has 24 heavy (non-hydrogen) atoms. The zero-order valence-corrected chi connectivity index (χ0v) is 14.5. The number of nitrogens with zero attached hydrogens (tertiary/aromatic N) is 2. The molecule has 2 N–H and O–H groups in total. The van der Waals surface area contributed by atoms with E-state index in [1.165, 1.54) is 41.3 Å². The molecule has 0 amide bonds. The van der Waals surface area contributed by atoms with E-state index in [4.69, 9.17) is 4.98 Å². The first-order valence-electron chi connectivity index (χ1n) is 9.26. The summed E-state index contributed by atoms with van der Waals surface area (Å²) in [5.74, 6) is 0.981. The van der Waals surface area contributed by atoms with Crippen LogP contribution in [0.3, 0.4) is 0 Å². The van der Waals surface area contributed by atoms with Crippen LogP contribution in [-0.4, -0.2) is 47.3 Å². The van der Waals surface area contributed by atoms with Crippen LogP contribution in [0.5, 0.6) is 0 Å². The number of pyridine rings is 1. The Hall–Kier alpha value is -1.65. The summed E-state index contributed by atoms with van der Waals surface area (Å²) in [6.07, 6.45) is 5.40. The van der Waals surface area contributed by atoms with E-state index >= 15 is 0 Å². The first-order valence-corrected chi connectivity index (χ1v) is 9.26. The molecule has 4 rings (SSSR count). The van der Waals surface area contributed by atoms with Gasteiger partial charge < -0.3 is 15.3 Å². The van der Waals surface area contributed by atoms with Crippen molar-refractivity contribution in [1.82, 2.24) is 9.88 Å². The van der Waals surface area contributed by atoms with Gasteiger partial charge in [-0.1, -0.05) is 0 Å². The van der Waals surface area contributed by atoms with E-state index in [0.29, 0.717) is 0 Å². The fourth-order valence-corrected chi connectivity index (χ4v) is 4.04. The summed E-state index contributed by atoms with van der Waals surface area (Å²) >= 11 is 0. The van der Waals surface area contributed by atoms with Crippen LogP contribution in [-0.2, 0) is 12.8 Å². The lowest BCUT2D eigenvalue weighted by molar-refractivity contribution is 0.0845. The highest BCUT2D eigenvalue weighted by Gasteiger charge is 2.16. The lowest BCUT2D eigenvalue weighted by Crippen LogP contribution is -2.38. The van der Waals surface area contributed by atoms with Crippen molar-refractivity contribution in [1.29, 1.82) is 0 Å². The van der Waals surface area contributed by atoms with E-state index < -0.39 is 0 Å². The van der Waals surface area contributed by atoms with Gasteiger partial charge >= 0.3 is 0 Å². The number of anilines is 1. The van der Waals surface area contributed by atoms with Gasteiger partial charge in [-0.25, -0.2) is 4.98 Å². The van der Waals surface area contributed by atoms with Gasteiger partial charge in [-0.15, -0.1) is 0 Å². The van der Waals surface area contributed by atoms with Crippen LogP contribution in [0.1, 0.15) is 36.0 Å². The zero-order valence-electron chi connectivity index (χ0n) is 14.5. The van der Waals surface area contributed by atoms with Gasteiger partial charge in [0.2, 0.25) is 0 Å². The summed E-state index contributed by atoms with van der Waals surface area (Å²) < 4.78 is 0. The third-order valence-electron chi connectivity index (χ3n) is 5.52. The number of hydrogen-bond acceptors (Lipinski definition) is 4. The van der Waals surface area contributed by atoms with E-state index in [9.17, 15) is 5.11 Å². The largest absolute Gasteiger partial charge is 0.393 e. The molecule has 1 aromatic heterocycles. The molecular formula is C20H27N3O. The first kappa shape index (κ1) is 15.9. The van der Waals surface area contributed by atoms with Crippen LogP contribution in [0.2, 0.25) is 0 Å². The third-order valence-corrected chi connectivity index (χ3v) is 5.52. The second-order valence-corrected chi connectivity index (χ2v) is 7.32. The molecule has 2 heterocycles. The van der Waals surface area contributed by atoms with Gasteiger partial charge in [-0.3, -0.25) is 0 Å². The fourth-order valence-electron chi connectivity index (χ4n) is 4.04. The number of aliphatic hydroxyl groups is 1. The Kier molecular flexibility index (Phi) is 4.42. The second kappa shape index (κ2) is 6.69. The normalized spacial score (nSPS) is 18.9. The summed E-state index contributed by atoms with van der Waals surface area (Å²) in [6.45, 7) is 6.09. The van der Waals surface area contributed by atoms with Crippen LogP contribution >= 0.6 is 0 Å². The van der Waals surface area contributed by atoms with Crippen molar-refractivity contribution in [3.63, 3.8) is 0 Å². The second-order valence-electron chi connectivity index (χ2n) is 7.32. The van der Waals surface area contributed by atoms with Crippen molar-refractivity contribution in [2.24, 2.45) is 0 Å². The minimum atomic E-state index is -0.0965. The average Bonchev–Trinajstić information content (AvgIpc) is 3.02. The molecule has 4 nitrogen and oxygen atoms in total. The van der Waals surface area contributed by atoms with Crippen LogP contribution in [0.4, 0.5) is 5.82 Å². The predicted octanol–water partition coefficient (Wildman–Crippen LogP) is 2.90. The number of likely N-dealkylation sites (tertiary alicyclic amines) is 1. The molecule has 1 aliphatic carbocycles. The molecule has 2 aromatic rings. The van der Waals surface area contributed by atoms with Crippen molar-refractivity contribution >= 4 is 16.7 Å². The summed E-state index contributed by atoms with van der Waals surface area (Å²) in [7, 11) is 0. The molecule has 1 fully saturated rings. The summed E-state index contributed by atoms with van der Waals surface area (Å²) in [6, 6.07) is 6.81. The molecule has 0 spiro atoms. The van der Waals surface area contributed by atoms with Gasteiger partial charge in [0.25, 0.3) is 0 Å². The van der Waals surface area contributed by atoms with Gasteiger partial charge in [0, 0.05) is 31.6 Å². The molecule has 0 unspecified atom stereocenters. The highest BCUT2D eigenvalue weighted by Crippen LogP contribution is 2.29. The molecule has 4 heteroatoms. The summed E-state index contributed by atoms with van der Waals surface area (Å²) in [4.78, 5) is 7.26. The Bertz CT molecular complexity index is 735. The number of aromatic nitrogens is 1.